The molecule has 0 aliphatic carbocycles. The van der Waals surface area contributed by atoms with Gasteiger partial charge in [0.25, 0.3) is 5.56 Å². The minimum Gasteiger partial charge on any atom is -0.325 e. The summed E-state index contributed by atoms with van der Waals surface area (Å²) in [6, 6.07) is 18.3. The molecule has 0 saturated carbocycles. The zero-order chi connectivity index (χ0) is 22.0. The molecule has 0 saturated heterocycles. The van der Waals surface area contributed by atoms with Crippen LogP contribution in [-0.4, -0.2) is 21.2 Å². The van der Waals surface area contributed by atoms with Crippen LogP contribution in [0.3, 0.4) is 0 Å². The van der Waals surface area contributed by atoms with Gasteiger partial charge in [0, 0.05) is 17.6 Å². The van der Waals surface area contributed by atoms with Gasteiger partial charge in [0.15, 0.2) is 5.16 Å². The van der Waals surface area contributed by atoms with Gasteiger partial charge in [0.2, 0.25) is 5.91 Å². The van der Waals surface area contributed by atoms with Crippen LogP contribution in [0.5, 0.6) is 0 Å². The highest BCUT2D eigenvalue weighted by atomic mass is 35.5. The molecule has 0 radical (unpaired) electrons. The van der Waals surface area contributed by atoms with Crippen LogP contribution >= 0.6 is 34.7 Å². The second-order valence-electron chi connectivity index (χ2n) is 6.60. The van der Waals surface area contributed by atoms with Crippen LogP contribution in [0.2, 0.25) is 5.02 Å². The minimum atomic E-state index is -0.267. The van der Waals surface area contributed by atoms with E-state index in [2.05, 4.69) is 10.3 Å². The number of thioether (sulfide) groups is 1. The number of nitrogens with zero attached hydrogens (tertiary/aromatic N) is 3. The van der Waals surface area contributed by atoms with Crippen molar-refractivity contribution < 1.29 is 4.79 Å². The standard InChI is InChI=1S/C22H15ClN4O2S2/c1-27-21(29)16-10-18(13-5-3-2-4-6-13)31-20(16)26-22(27)30-12-19(28)25-15-8-7-14(11-24)17(23)9-15/h2-10H,12H2,1H3,(H,25,28). The number of nitrogens with one attached hydrogen (secondary N) is 1. The van der Waals surface area contributed by atoms with E-state index in [4.69, 9.17) is 16.9 Å². The van der Waals surface area contributed by atoms with Gasteiger partial charge in [-0.3, -0.25) is 14.2 Å². The summed E-state index contributed by atoms with van der Waals surface area (Å²) in [7, 11) is 1.65. The van der Waals surface area contributed by atoms with Crippen molar-refractivity contribution in [3.8, 4) is 16.5 Å². The van der Waals surface area contributed by atoms with E-state index < -0.39 is 0 Å². The summed E-state index contributed by atoms with van der Waals surface area (Å²) in [6.07, 6.45) is 0. The van der Waals surface area contributed by atoms with Gasteiger partial charge in [-0.1, -0.05) is 53.7 Å². The van der Waals surface area contributed by atoms with Crippen molar-refractivity contribution in [2.24, 2.45) is 7.05 Å². The number of nitriles is 1. The number of benzene rings is 2. The molecule has 2 aromatic heterocycles. The lowest BCUT2D eigenvalue weighted by Gasteiger charge is -2.08. The predicted molar refractivity (Wildman–Crippen MR) is 126 cm³/mol. The van der Waals surface area contributed by atoms with E-state index in [1.165, 1.54) is 33.7 Å². The molecule has 4 aromatic rings. The zero-order valence-corrected chi connectivity index (χ0v) is 18.6. The molecule has 31 heavy (non-hydrogen) atoms. The second-order valence-corrected chi connectivity index (χ2v) is 8.98. The summed E-state index contributed by atoms with van der Waals surface area (Å²) in [4.78, 5) is 31.4. The molecule has 0 aliphatic rings. The monoisotopic (exact) mass is 466 g/mol. The topological polar surface area (TPSA) is 87.8 Å². The number of amides is 1. The van der Waals surface area contributed by atoms with E-state index in [1.807, 2.05) is 42.5 Å². The molecule has 4 rings (SSSR count). The molecule has 9 heteroatoms. The molecule has 0 bridgehead atoms. The molecule has 0 unspecified atom stereocenters. The molecule has 0 aliphatic heterocycles. The first kappa shape index (κ1) is 21.1. The number of halogens is 1. The van der Waals surface area contributed by atoms with Crippen molar-refractivity contribution in [1.82, 2.24) is 9.55 Å². The van der Waals surface area contributed by atoms with E-state index in [-0.39, 0.29) is 22.2 Å². The maximum absolute atomic E-state index is 12.8. The van der Waals surface area contributed by atoms with Gasteiger partial charge < -0.3 is 5.32 Å². The van der Waals surface area contributed by atoms with E-state index in [0.717, 1.165) is 10.4 Å². The number of hydrogen-bond donors (Lipinski definition) is 1. The molecule has 0 atom stereocenters. The Morgan fingerprint density at radius 1 is 1.26 bits per heavy atom. The van der Waals surface area contributed by atoms with Crippen LogP contribution in [0.4, 0.5) is 5.69 Å². The van der Waals surface area contributed by atoms with E-state index >= 15 is 0 Å². The van der Waals surface area contributed by atoms with Crippen LogP contribution < -0.4 is 10.9 Å². The van der Waals surface area contributed by atoms with E-state index in [0.29, 0.717) is 26.6 Å². The summed E-state index contributed by atoms with van der Waals surface area (Å²) in [5, 5.41) is 13.0. The fourth-order valence-corrected chi connectivity index (χ4v) is 5.00. The van der Waals surface area contributed by atoms with Crippen LogP contribution in [0.25, 0.3) is 20.7 Å². The highest BCUT2D eigenvalue weighted by molar-refractivity contribution is 7.99. The molecule has 6 nitrogen and oxygen atoms in total. The summed E-state index contributed by atoms with van der Waals surface area (Å²) in [5.74, 6) is -0.198. The summed E-state index contributed by atoms with van der Waals surface area (Å²) >= 11 is 8.63. The quantitative estimate of drug-likeness (QED) is 0.333. The Morgan fingerprint density at radius 2 is 2.03 bits per heavy atom. The predicted octanol–water partition coefficient (Wildman–Crippen LogP) is 4.92. The molecule has 0 spiro atoms. The van der Waals surface area contributed by atoms with Crippen molar-refractivity contribution in [2.75, 3.05) is 11.1 Å². The minimum absolute atomic E-state index is 0.0698. The fourth-order valence-electron chi connectivity index (χ4n) is 2.93. The molecular formula is C22H15ClN4O2S2. The number of fused-ring (bicyclic) bond motifs is 1. The van der Waals surface area contributed by atoms with Gasteiger partial charge in [-0.05, 0) is 29.8 Å². The van der Waals surface area contributed by atoms with Crippen molar-refractivity contribution in [3.05, 3.63) is 75.5 Å². The number of hydrogen-bond acceptors (Lipinski definition) is 6. The normalized spacial score (nSPS) is 10.7. The Hall–Kier alpha value is -3.12. The Bertz CT molecular complexity index is 1390. The summed E-state index contributed by atoms with van der Waals surface area (Å²) < 4.78 is 1.46. The van der Waals surface area contributed by atoms with Gasteiger partial charge in [-0.25, -0.2) is 4.98 Å². The maximum atomic E-state index is 12.8. The van der Waals surface area contributed by atoms with Crippen molar-refractivity contribution in [3.63, 3.8) is 0 Å². The number of aromatic nitrogens is 2. The SMILES string of the molecule is Cn1c(SCC(=O)Nc2ccc(C#N)c(Cl)c2)nc2sc(-c3ccccc3)cc2c1=O. The Balaban J connectivity index is 1.52. The first-order valence-electron chi connectivity index (χ1n) is 9.14. The van der Waals surface area contributed by atoms with Crippen LogP contribution in [0, 0.1) is 11.3 Å². The molecule has 0 fully saturated rings. The lowest BCUT2D eigenvalue weighted by atomic mass is 10.2. The van der Waals surface area contributed by atoms with Gasteiger partial charge in [-0.15, -0.1) is 11.3 Å². The molecular weight excluding hydrogens is 452 g/mol. The van der Waals surface area contributed by atoms with Crippen LogP contribution in [-0.2, 0) is 11.8 Å². The van der Waals surface area contributed by atoms with Crippen molar-refractivity contribution in [1.29, 1.82) is 5.26 Å². The van der Waals surface area contributed by atoms with Crippen molar-refractivity contribution in [2.45, 2.75) is 5.16 Å². The summed E-state index contributed by atoms with van der Waals surface area (Å²) in [5.41, 5.74) is 1.72. The Labute approximate surface area is 191 Å². The first-order chi connectivity index (χ1) is 15.0. The Morgan fingerprint density at radius 3 is 2.74 bits per heavy atom. The highest BCUT2D eigenvalue weighted by Crippen LogP contribution is 2.32. The van der Waals surface area contributed by atoms with Gasteiger partial charge in [0.05, 0.1) is 21.7 Å². The number of thiophene rings is 1. The third-order valence-corrected chi connectivity index (χ3v) is 6.92. The van der Waals surface area contributed by atoms with Crippen LogP contribution in [0.15, 0.2) is 64.5 Å². The van der Waals surface area contributed by atoms with Crippen molar-refractivity contribution >= 4 is 56.5 Å². The zero-order valence-electron chi connectivity index (χ0n) is 16.3. The van der Waals surface area contributed by atoms with E-state index in [9.17, 15) is 9.59 Å². The fraction of sp³-hybridized carbons (Fsp3) is 0.0909. The highest BCUT2D eigenvalue weighted by Gasteiger charge is 2.15. The maximum Gasteiger partial charge on any atom is 0.262 e. The molecule has 1 amide bonds. The lowest BCUT2D eigenvalue weighted by molar-refractivity contribution is -0.113. The number of carbonyl (C=O) groups excluding carboxylic acids is 1. The smallest absolute Gasteiger partial charge is 0.262 e. The molecule has 2 aromatic carbocycles. The molecule has 2 heterocycles. The number of carbonyl (C=O) groups is 1. The molecule has 154 valence electrons. The number of anilines is 1. The summed E-state index contributed by atoms with van der Waals surface area (Å²) in [6.45, 7) is 0. The van der Waals surface area contributed by atoms with Gasteiger partial charge in [-0.2, -0.15) is 5.26 Å². The van der Waals surface area contributed by atoms with E-state index in [1.54, 1.807) is 19.2 Å². The second kappa shape index (κ2) is 8.94. The Kier molecular flexibility index (Phi) is 6.09. The third kappa shape index (κ3) is 4.49. The largest absolute Gasteiger partial charge is 0.325 e. The number of rotatable bonds is 5. The third-order valence-electron chi connectivity index (χ3n) is 4.50. The first-order valence-corrected chi connectivity index (χ1v) is 11.3. The average Bonchev–Trinajstić information content (AvgIpc) is 3.20. The molecule has 1 N–H and O–H groups in total. The van der Waals surface area contributed by atoms with Gasteiger partial charge in [0.1, 0.15) is 10.9 Å². The van der Waals surface area contributed by atoms with Gasteiger partial charge >= 0.3 is 0 Å². The van der Waals surface area contributed by atoms with Crippen LogP contribution in [0.1, 0.15) is 5.56 Å². The average molecular weight is 467 g/mol. The lowest BCUT2D eigenvalue weighted by Crippen LogP contribution is -2.20.